The molecule has 1 aliphatic heterocycles. The van der Waals surface area contributed by atoms with Crippen molar-refractivity contribution in [3.63, 3.8) is 0 Å². The molecule has 4 rings (SSSR count). The number of para-hydroxylation sites is 1. The van der Waals surface area contributed by atoms with Crippen LogP contribution in [0.4, 0.5) is 0 Å². The molecule has 0 radical (unpaired) electrons. The second-order valence-corrected chi connectivity index (χ2v) is 6.93. The van der Waals surface area contributed by atoms with Gasteiger partial charge < -0.3 is 10.1 Å². The van der Waals surface area contributed by atoms with E-state index in [0.29, 0.717) is 18.2 Å². The summed E-state index contributed by atoms with van der Waals surface area (Å²) in [5, 5.41) is 7.71. The van der Waals surface area contributed by atoms with Gasteiger partial charge in [0.2, 0.25) is 0 Å². The highest BCUT2D eigenvalue weighted by Gasteiger charge is 2.30. The highest BCUT2D eigenvalue weighted by molar-refractivity contribution is 5.96. The quantitative estimate of drug-likeness (QED) is 0.922. The number of aryl methyl sites for hydroxylation is 1. The summed E-state index contributed by atoms with van der Waals surface area (Å²) >= 11 is 0. The molecule has 0 unspecified atom stereocenters. The van der Waals surface area contributed by atoms with Gasteiger partial charge in [-0.3, -0.25) is 9.48 Å². The van der Waals surface area contributed by atoms with Gasteiger partial charge >= 0.3 is 0 Å². The number of hydrogen-bond donors (Lipinski definition) is 1. The van der Waals surface area contributed by atoms with Gasteiger partial charge in [-0.25, -0.2) is 0 Å². The lowest BCUT2D eigenvalue weighted by molar-refractivity contribution is 0.0902. The number of nitrogens with one attached hydrogen (secondary N) is 1. The fourth-order valence-electron chi connectivity index (χ4n) is 3.93. The number of fused-ring (bicyclic) bond motifs is 3. The van der Waals surface area contributed by atoms with Crippen LogP contribution in [0.3, 0.4) is 0 Å². The van der Waals surface area contributed by atoms with E-state index in [1.807, 2.05) is 31.3 Å². The zero-order chi connectivity index (χ0) is 16.7. The molecule has 1 saturated carbocycles. The van der Waals surface area contributed by atoms with Gasteiger partial charge in [-0.1, -0.05) is 31.9 Å². The number of amides is 1. The maximum Gasteiger partial charge on any atom is 0.272 e. The van der Waals surface area contributed by atoms with Crippen LogP contribution < -0.4 is 10.1 Å². The summed E-state index contributed by atoms with van der Waals surface area (Å²) < 4.78 is 7.63. The minimum absolute atomic E-state index is 0.0754. The fraction of sp³-hybridized carbons (Fsp3) is 0.474. The molecule has 1 aromatic carbocycles. The molecule has 0 spiro atoms. The van der Waals surface area contributed by atoms with E-state index >= 15 is 0 Å². The number of ether oxygens (including phenoxy) is 1. The molecule has 0 bridgehead atoms. The molecule has 5 heteroatoms. The van der Waals surface area contributed by atoms with E-state index in [1.54, 1.807) is 4.68 Å². The van der Waals surface area contributed by atoms with Crippen LogP contribution >= 0.6 is 0 Å². The molecular formula is C19H23N3O2. The van der Waals surface area contributed by atoms with Crippen LogP contribution in [-0.4, -0.2) is 21.7 Å². The lowest BCUT2D eigenvalue weighted by Gasteiger charge is -2.29. The van der Waals surface area contributed by atoms with Crippen LogP contribution in [-0.2, 0) is 13.7 Å². The SMILES string of the molecule is C[C@H]1CCCC[C@@H]1NC(=O)c1nn(C)c2c1COc1ccccc1-2. The molecule has 2 heterocycles. The largest absolute Gasteiger partial charge is 0.488 e. The van der Waals surface area contributed by atoms with Crippen LogP contribution in [0.15, 0.2) is 24.3 Å². The van der Waals surface area contributed by atoms with E-state index in [9.17, 15) is 4.79 Å². The zero-order valence-electron chi connectivity index (χ0n) is 14.2. The van der Waals surface area contributed by atoms with E-state index in [0.717, 1.165) is 29.0 Å². The average Bonchev–Trinajstić information content (AvgIpc) is 2.94. The smallest absolute Gasteiger partial charge is 0.272 e. The number of rotatable bonds is 2. The molecule has 1 aromatic heterocycles. The maximum absolute atomic E-state index is 12.8. The average molecular weight is 325 g/mol. The van der Waals surface area contributed by atoms with E-state index in [2.05, 4.69) is 17.3 Å². The first-order valence-electron chi connectivity index (χ1n) is 8.74. The summed E-state index contributed by atoms with van der Waals surface area (Å²) in [6.07, 6.45) is 4.69. The van der Waals surface area contributed by atoms with Gasteiger partial charge in [0.25, 0.3) is 5.91 Å². The van der Waals surface area contributed by atoms with Gasteiger partial charge in [0.05, 0.1) is 5.69 Å². The number of carbonyl (C=O) groups excluding carboxylic acids is 1. The molecule has 1 aliphatic carbocycles. The maximum atomic E-state index is 12.8. The molecule has 2 aliphatic rings. The highest BCUT2D eigenvalue weighted by atomic mass is 16.5. The first-order valence-corrected chi connectivity index (χ1v) is 8.74. The van der Waals surface area contributed by atoms with Crippen molar-refractivity contribution in [3.8, 4) is 17.0 Å². The number of carbonyl (C=O) groups is 1. The summed E-state index contributed by atoms with van der Waals surface area (Å²) in [4.78, 5) is 12.8. The molecule has 24 heavy (non-hydrogen) atoms. The minimum atomic E-state index is -0.0754. The van der Waals surface area contributed by atoms with Crippen LogP contribution in [0.2, 0.25) is 0 Å². The van der Waals surface area contributed by atoms with E-state index in [-0.39, 0.29) is 11.9 Å². The van der Waals surface area contributed by atoms with Gasteiger partial charge in [0.1, 0.15) is 12.4 Å². The van der Waals surface area contributed by atoms with Gasteiger partial charge in [-0.05, 0) is 30.9 Å². The number of aromatic nitrogens is 2. The molecule has 2 atom stereocenters. The van der Waals surface area contributed by atoms with Crippen molar-refractivity contribution in [2.24, 2.45) is 13.0 Å². The van der Waals surface area contributed by atoms with Crippen molar-refractivity contribution in [3.05, 3.63) is 35.5 Å². The number of hydrogen-bond acceptors (Lipinski definition) is 3. The van der Waals surface area contributed by atoms with Gasteiger partial charge in [0.15, 0.2) is 5.69 Å². The van der Waals surface area contributed by atoms with Gasteiger partial charge in [-0.2, -0.15) is 5.10 Å². The predicted octanol–water partition coefficient (Wildman–Crippen LogP) is 3.29. The van der Waals surface area contributed by atoms with Crippen LogP contribution in [0.25, 0.3) is 11.3 Å². The Bertz CT molecular complexity index is 781. The molecule has 1 N–H and O–H groups in total. The van der Waals surface area contributed by atoms with Crippen LogP contribution in [0.1, 0.15) is 48.7 Å². The molecule has 2 aromatic rings. The third-order valence-corrected chi connectivity index (χ3v) is 5.30. The molecule has 1 fully saturated rings. The Hall–Kier alpha value is -2.30. The normalized spacial score (nSPS) is 22.2. The van der Waals surface area contributed by atoms with E-state index < -0.39 is 0 Å². The van der Waals surface area contributed by atoms with Crippen molar-refractivity contribution in [1.82, 2.24) is 15.1 Å². The van der Waals surface area contributed by atoms with Crippen molar-refractivity contribution in [1.29, 1.82) is 0 Å². The Labute approximate surface area is 142 Å². The lowest BCUT2D eigenvalue weighted by atomic mass is 9.86. The first-order chi connectivity index (χ1) is 11.6. The summed E-state index contributed by atoms with van der Waals surface area (Å²) in [7, 11) is 1.89. The summed E-state index contributed by atoms with van der Waals surface area (Å²) in [6, 6.07) is 8.15. The lowest BCUT2D eigenvalue weighted by Crippen LogP contribution is -2.41. The van der Waals surface area contributed by atoms with E-state index in [4.69, 9.17) is 4.74 Å². The van der Waals surface area contributed by atoms with Crippen LogP contribution in [0.5, 0.6) is 5.75 Å². The van der Waals surface area contributed by atoms with Crippen molar-refractivity contribution in [2.45, 2.75) is 45.3 Å². The Morgan fingerprint density at radius 2 is 2.08 bits per heavy atom. The van der Waals surface area contributed by atoms with Crippen molar-refractivity contribution in [2.75, 3.05) is 0 Å². The van der Waals surface area contributed by atoms with Gasteiger partial charge in [-0.15, -0.1) is 0 Å². The second kappa shape index (κ2) is 5.96. The monoisotopic (exact) mass is 325 g/mol. The van der Waals surface area contributed by atoms with Crippen LogP contribution in [0, 0.1) is 5.92 Å². The molecule has 126 valence electrons. The third-order valence-electron chi connectivity index (χ3n) is 5.30. The van der Waals surface area contributed by atoms with E-state index in [1.165, 1.54) is 19.3 Å². The molecule has 1 amide bonds. The van der Waals surface area contributed by atoms with Gasteiger partial charge in [0, 0.05) is 24.2 Å². The predicted molar refractivity (Wildman–Crippen MR) is 91.9 cm³/mol. The molecular weight excluding hydrogens is 302 g/mol. The first kappa shape index (κ1) is 15.2. The number of nitrogens with zero attached hydrogens (tertiary/aromatic N) is 2. The third kappa shape index (κ3) is 2.48. The summed E-state index contributed by atoms with van der Waals surface area (Å²) in [5.41, 5.74) is 3.37. The highest BCUT2D eigenvalue weighted by Crippen LogP contribution is 2.38. The Morgan fingerprint density at radius 3 is 2.92 bits per heavy atom. The minimum Gasteiger partial charge on any atom is -0.488 e. The summed E-state index contributed by atoms with van der Waals surface area (Å²) in [5.74, 6) is 1.30. The second-order valence-electron chi connectivity index (χ2n) is 6.93. The topological polar surface area (TPSA) is 56.2 Å². The number of benzene rings is 1. The molecule has 0 saturated heterocycles. The molecule has 5 nitrogen and oxygen atoms in total. The zero-order valence-corrected chi connectivity index (χ0v) is 14.2. The Balaban J connectivity index is 1.65. The fourth-order valence-corrected chi connectivity index (χ4v) is 3.93. The van der Waals surface area contributed by atoms with Crippen molar-refractivity contribution < 1.29 is 9.53 Å². The van der Waals surface area contributed by atoms with Crippen molar-refractivity contribution >= 4 is 5.91 Å². The standard InChI is InChI=1S/C19H23N3O2/c1-12-7-3-5-9-15(12)20-19(23)17-14-11-24-16-10-6-4-8-13(16)18(14)22(2)21-17/h4,6,8,10,12,15H,3,5,7,9,11H2,1-2H3,(H,20,23)/t12-,15-/m0/s1. The summed E-state index contributed by atoms with van der Waals surface area (Å²) in [6.45, 7) is 2.61. The Kier molecular flexibility index (Phi) is 3.79. The Morgan fingerprint density at radius 1 is 1.29 bits per heavy atom.